The summed E-state index contributed by atoms with van der Waals surface area (Å²) >= 11 is 0. The molecule has 24 heavy (non-hydrogen) atoms. The van der Waals surface area contributed by atoms with Gasteiger partial charge in [-0.2, -0.15) is 5.10 Å². The fourth-order valence-corrected chi connectivity index (χ4v) is 3.61. The molecule has 128 valence electrons. The predicted molar refractivity (Wildman–Crippen MR) is 94.4 cm³/mol. The molecule has 2 atom stereocenters. The topological polar surface area (TPSA) is 67.2 Å². The highest BCUT2D eigenvalue weighted by molar-refractivity contribution is 7.84. The van der Waals surface area contributed by atoms with E-state index in [9.17, 15) is 9.00 Å². The summed E-state index contributed by atoms with van der Waals surface area (Å²) < 4.78 is 13.3. The van der Waals surface area contributed by atoms with Crippen LogP contribution in [0.5, 0.6) is 0 Å². The Labute approximate surface area is 144 Å². The fourth-order valence-electron chi connectivity index (χ4n) is 3.05. The Balaban J connectivity index is 1.56. The second-order valence-electron chi connectivity index (χ2n) is 6.24. The minimum atomic E-state index is -1.06. The van der Waals surface area contributed by atoms with Gasteiger partial charge in [-0.25, -0.2) is 4.79 Å². The summed E-state index contributed by atoms with van der Waals surface area (Å²) in [6, 6.07) is 7.09. The van der Waals surface area contributed by atoms with E-state index in [1.165, 1.54) is 5.56 Å². The van der Waals surface area contributed by atoms with Gasteiger partial charge in [0.2, 0.25) is 0 Å². The number of anilines is 1. The third-order valence-corrected chi connectivity index (χ3v) is 5.19. The molecule has 1 aliphatic heterocycles. The number of carbonyl (C=O) groups excluding carboxylic acids is 1. The summed E-state index contributed by atoms with van der Waals surface area (Å²) in [4.78, 5) is 15.0. The molecule has 3 rings (SSSR count). The van der Waals surface area contributed by atoms with Crippen molar-refractivity contribution in [1.82, 2.24) is 14.7 Å². The van der Waals surface area contributed by atoms with Gasteiger partial charge in [0.15, 0.2) is 0 Å². The number of benzene rings is 1. The molecule has 0 spiro atoms. The predicted octanol–water partition coefficient (Wildman–Crippen LogP) is 2.25. The van der Waals surface area contributed by atoms with Crippen molar-refractivity contribution in [3.63, 3.8) is 0 Å². The summed E-state index contributed by atoms with van der Waals surface area (Å²) in [5.41, 5.74) is 1.89. The Hall–Kier alpha value is -2.15. The van der Waals surface area contributed by atoms with Crippen molar-refractivity contribution in [2.45, 2.75) is 17.7 Å². The number of likely N-dealkylation sites (tertiary alicyclic amines) is 1. The molecule has 1 aromatic heterocycles. The maximum atomic E-state index is 12.4. The van der Waals surface area contributed by atoms with Crippen LogP contribution in [0.1, 0.15) is 12.0 Å². The normalized spacial score (nSPS) is 18.6. The Morgan fingerprint density at radius 1 is 1.46 bits per heavy atom. The Kier molecular flexibility index (Phi) is 4.99. The van der Waals surface area contributed by atoms with Crippen LogP contribution >= 0.6 is 0 Å². The van der Waals surface area contributed by atoms with Crippen molar-refractivity contribution in [2.75, 3.05) is 24.7 Å². The second-order valence-corrected chi connectivity index (χ2v) is 7.62. The number of hydrogen-bond acceptors (Lipinski definition) is 3. The maximum absolute atomic E-state index is 12.4. The maximum Gasteiger partial charge on any atom is 0.321 e. The number of hydrogen-bond donors (Lipinski definition) is 1. The van der Waals surface area contributed by atoms with Crippen molar-refractivity contribution in [3.8, 4) is 0 Å². The number of carbonyl (C=O) groups is 1. The molecule has 0 radical (unpaired) electrons. The number of amides is 2. The molecule has 2 amide bonds. The van der Waals surface area contributed by atoms with E-state index < -0.39 is 10.8 Å². The standard InChI is InChI=1S/C17H22N4O2S/c1-20-11-14(10-18-20)8-13-6-7-21(12-13)17(22)19-15-4-3-5-16(9-15)24(2)23/h3-5,9-11,13H,6-8,12H2,1-2H3,(H,19,22)/t13-,24-/m0/s1. The van der Waals surface area contributed by atoms with Crippen LogP contribution < -0.4 is 5.32 Å². The molecular formula is C17H22N4O2S. The molecule has 1 fully saturated rings. The van der Waals surface area contributed by atoms with Crippen LogP contribution in [0.4, 0.5) is 10.5 Å². The van der Waals surface area contributed by atoms with Gasteiger partial charge in [0.1, 0.15) is 0 Å². The zero-order valence-corrected chi connectivity index (χ0v) is 14.8. The van der Waals surface area contributed by atoms with Crippen molar-refractivity contribution < 1.29 is 9.00 Å². The van der Waals surface area contributed by atoms with Crippen LogP contribution in [0, 0.1) is 5.92 Å². The summed E-state index contributed by atoms with van der Waals surface area (Å²) in [5, 5.41) is 7.09. The number of nitrogens with one attached hydrogen (secondary N) is 1. The van der Waals surface area contributed by atoms with Crippen LogP contribution in [-0.4, -0.2) is 44.3 Å². The second kappa shape index (κ2) is 7.17. The molecule has 1 aromatic carbocycles. The molecule has 0 aliphatic carbocycles. The molecule has 0 bridgehead atoms. The summed E-state index contributed by atoms with van der Waals surface area (Å²) in [5.74, 6) is 0.467. The zero-order valence-electron chi connectivity index (χ0n) is 13.9. The lowest BCUT2D eigenvalue weighted by atomic mass is 10.0. The van der Waals surface area contributed by atoms with E-state index >= 15 is 0 Å². The minimum Gasteiger partial charge on any atom is -0.324 e. The first kappa shape index (κ1) is 16.7. The van der Waals surface area contributed by atoms with Crippen molar-refractivity contribution in [2.24, 2.45) is 13.0 Å². The van der Waals surface area contributed by atoms with Gasteiger partial charge in [0.25, 0.3) is 0 Å². The molecular weight excluding hydrogens is 324 g/mol. The van der Waals surface area contributed by atoms with E-state index in [1.807, 2.05) is 36.5 Å². The van der Waals surface area contributed by atoms with E-state index in [0.717, 1.165) is 25.9 Å². The molecule has 0 saturated carbocycles. The first-order valence-corrected chi connectivity index (χ1v) is 9.54. The fraction of sp³-hybridized carbons (Fsp3) is 0.412. The van der Waals surface area contributed by atoms with Crippen LogP contribution in [0.2, 0.25) is 0 Å². The van der Waals surface area contributed by atoms with Gasteiger partial charge in [0.05, 0.1) is 6.20 Å². The lowest BCUT2D eigenvalue weighted by Crippen LogP contribution is -2.33. The summed E-state index contributed by atoms with van der Waals surface area (Å²) in [7, 11) is 0.857. The van der Waals surface area contributed by atoms with Crippen molar-refractivity contribution >= 4 is 22.5 Å². The van der Waals surface area contributed by atoms with Crippen molar-refractivity contribution in [1.29, 1.82) is 0 Å². The van der Waals surface area contributed by atoms with Crippen LogP contribution in [0.25, 0.3) is 0 Å². The number of rotatable bonds is 4. The van der Waals surface area contributed by atoms with Gasteiger partial charge in [-0.05, 0) is 42.5 Å². The quantitative estimate of drug-likeness (QED) is 0.923. The molecule has 7 heteroatoms. The molecule has 1 saturated heterocycles. The van der Waals surface area contributed by atoms with E-state index in [4.69, 9.17) is 0 Å². The molecule has 6 nitrogen and oxygen atoms in total. The largest absolute Gasteiger partial charge is 0.324 e. The van der Waals surface area contributed by atoms with E-state index in [1.54, 1.807) is 23.1 Å². The van der Waals surface area contributed by atoms with E-state index in [2.05, 4.69) is 10.4 Å². The van der Waals surface area contributed by atoms with Crippen LogP contribution in [0.15, 0.2) is 41.6 Å². The molecule has 1 aliphatic rings. The Morgan fingerprint density at radius 3 is 3.00 bits per heavy atom. The lowest BCUT2D eigenvalue weighted by Gasteiger charge is -2.17. The van der Waals surface area contributed by atoms with Gasteiger partial charge in [-0.1, -0.05) is 6.07 Å². The third-order valence-electron chi connectivity index (χ3n) is 4.27. The van der Waals surface area contributed by atoms with Crippen LogP contribution in [0.3, 0.4) is 0 Å². The Bertz CT molecular complexity index is 759. The monoisotopic (exact) mass is 346 g/mol. The third kappa shape index (κ3) is 4.03. The SMILES string of the molecule is Cn1cc(C[C@@H]2CCN(C(=O)Nc3cccc([S@](C)=O)c3)C2)cn1. The number of urea groups is 1. The zero-order chi connectivity index (χ0) is 17.1. The summed E-state index contributed by atoms with van der Waals surface area (Å²) in [6.07, 6.45) is 7.49. The van der Waals surface area contributed by atoms with Gasteiger partial charge in [-0.3, -0.25) is 8.89 Å². The van der Waals surface area contributed by atoms with E-state index in [-0.39, 0.29) is 6.03 Å². The highest BCUT2D eigenvalue weighted by atomic mass is 32.2. The highest BCUT2D eigenvalue weighted by Gasteiger charge is 2.26. The number of aryl methyl sites for hydroxylation is 1. The van der Waals surface area contributed by atoms with Gasteiger partial charge < -0.3 is 10.2 Å². The van der Waals surface area contributed by atoms with Gasteiger partial charge in [-0.15, -0.1) is 0 Å². The average Bonchev–Trinajstić information content (AvgIpc) is 3.17. The van der Waals surface area contributed by atoms with Gasteiger partial charge in [0, 0.05) is 54.0 Å². The van der Waals surface area contributed by atoms with Crippen LogP contribution in [-0.2, 0) is 24.3 Å². The lowest BCUT2D eigenvalue weighted by molar-refractivity contribution is 0.221. The molecule has 2 heterocycles. The molecule has 1 N–H and O–H groups in total. The van der Waals surface area contributed by atoms with Gasteiger partial charge >= 0.3 is 6.03 Å². The Morgan fingerprint density at radius 2 is 2.29 bits per heavy atom. The highest BCUT2D eigenvalue weighted by Crippen LogP contribution is 2.22. The molecule has 0 unspecified atom stereocenters. The average molecular weight is 346 g/mol. The first-order chi connectivity index (χ1) is 11.5. The molecule has 2 aromatic rings. The first-order valence-electron chi connectivity index (χ1n) is 7.98. The number of aromatic nitrogens is 2. The summed E-state index contributed by atoms with van der Waals surface area (Å²) in [6.45, 7) is 1.51. The van der Waals surface area contributed by atoms with Crippen molar-refractivity contribution in [3.05, 3.63) is 42.2 Å². The van der Waals surface area contributed by atoms with E-state index in [0.29, 0.717) is 16.5 Å². The number of nitrogens with zero attached hydrogens (tertiary/aromatic N) is 3. The minimum absolute atomic E-state index is 0.0947. The smallest absolute Gasteiger partial charge is 0.321 e.